The van der Waals surface area contributed by atoms with E-state index >= 15 is 0 Å². The summed E-state index contributed by atoms with van der Waals surface area (Å²) in [6, 6.07) is 0. The second kappa shape index (κ2) is 30.8. The van der Waals surface area contributed by atoms with Gasteiger partial charge in [-0.1, -0.05) is 46.0 Å². The zero-order chi connectivity index (χ0) is 24.1. The summed E-state index contributed by atoms with van der Waals surface area (Å²) in [7, 11) is 8.19. The monoisotopic (exact) mass is 459 g/mol. The molecule has 0 radical (unpaired) electrons. The number of unbranched alkanes of at least 4 members (excludes halogenated alkanes) is 3. The zero-order valence-corrected chi connectivity index (χ0v) is 23.0. The van der Waals surface area contributed by atoms with Gasteiger partial charge < -0.3 is 31.1 Å². The molecule has 32 heavy (non-hydrogen) atoms. The van der Waals surface area contributed by atoms with Gasteiger partial charge in [0, 0.05) is 26.2 Å². The van der Waals surface area contributed by atoms with Gasteiger partial charge in [-0.25, -0.2) is 0 Å². The van der Waals surface area contributed by atoms with E-state index < -0.39 is 0 Å². The summed E-state index contributed by atoms with van der Waals surface area (Å²) >= 11 is 0. The van der Waals surface area contributed by atoms with Crippen LogP contribution in [0.25, 0.3) is 0 Å². The van der Waals surface area contributed by atoms with Crippen molar-refractivity contribution in [1.82, 2.24) is 31.1 Å². The first-order valence-corrected chi connectivity index (χ1v) is 13.7. The number of hydrogen-bond acceptors (Lipinski definition) is 6. The van der Waals surface area contributed by atoms with Gasteiger partial charge in [0.2, 0.25) is 0 Å². The van der Waals surface area contributed by atoms with Gasteiger partial charge >= 0.3 is 0 Å². The number of nitrogens with zero attached hydrogens (tertiary/aromatic N) is 2. The first-order chi connectivity index (χ1) is 15.7. The Balaban J connectivity index is 0. The predicted molar refractivity (Wildman–Crippen MR) is 146 cm³/mol. The third-order valence-corrected chi connectivity index (χ3v) is 5.76. The van der Waals surface area contributed by atoms with E-state index in [4.69, 9.17) is 0 Å². The molecule has 6 heteroatoms. The molecule has 0 bridgehead atoms. The number of rotatable bonds is 11. The van der Waals surface area contributed by atoms with Crippen LogP contribution in [-0.4, -0.2) is 103 Å². The van der Waals surface area contributed by atoms with Gasteiger partial charge in [-0.05, 0) is 99.6 Å². The molecule has 2 fully saturated rings. The highest BCUT2D eigenvalue weighted by Crippen LogP contribution is 2.01. The van der Waals surface area contributed by atoms with Crippen molar-refractivity contribution in [3.63, 3.8) is 0 Å². The minimum absolute atomic E-state index is 1.15. The van der Waals surface area contributed by atoms with Crippen molar-refractivity contribution in [2.75, 3.05) is 93.6 Å². The van der Waals surface area contributed by atoms with Gasteiger partial charge in [-0.2, -0.15) is 0 Å². The summed E-state index contributed by atoms with van der Waals surface area (Å²) in [6.45, 7) is 16.6. The Bertz CT molecular complexity index is 281. The molecular weight excluding hydrogens is 396 g/mol. The fraction of sp³-hybridized carbons (Fsp3) is 1.00. The molecule has 0 saturated carbocycles. The van der Waals surface area contributed by atoms with Gasteiger partial charge in [0.25, 0.3) is 0 Å². The van der Waals surface area contributed by atoms with Crippen LogP contribution in [-0.2, 0) is 0 Å². The van der Waals surface area contributed by atoms with Crippen molar-refractivity contribution in [2.24, 2.45) is 0 Å². The second-order valence-corrected chi connectivity index (χ2v) is 9.03. The number of likely N-dealkylation sites (N-methyl/N-ethyl adjacent to an activating group) is 1. The fourth-order valence-electron chi connectivity index (χ4n) is 3.43. The summed E-state index contributed by atoms with van der Waals surface area (Å²) < 4.78 is 0. The highest BCUT2D eigenvalue weighted by molar-refractivity contribution is 4.69. The molecule has 2 aliphatic heterocycles. The second-order valence-electron chi connectivity index (χ2n) is 9.03. The van der Waals surface area contributed by atoms with Crippen molar-refractivity contribution >= 4 is 0 Å². The molecule has 0 aromatic rings. The minimum atomic E-state index is 1.15. The first kappa shape index (κ1) is 33.9. The van der Waals surface area contributed by atoms with Crippen LogP contribution < -0.4 is 21.3 Å². The normalized spacial score (nSPS) is 17.1. The third kappa shape index (κ3) is 29.8. The molecule has 2 heterocycles. The van der Waals surface area contributed by atoms with Gasteiger partial charge in [-0.3, -0.25) is 0 Å². The molecule has 4 N–H and O–H groups in total. The molecule has 0 aliphatic carbocycles. The molecule has 0 spiro atoms. The Morgan fingerprint density at radius 2 is 1.12 bits per heavy atom. The number of nitrogens with one attached hydrogen (secondary N) is 4. The van der Waals surface area contributed by atoms with E-state index in [-0.39, 0.29) is 0 Å². The number of piperazine rings is 1. The standard InChI is InChI=1S/C9H21N3.C6H13N.C6H15N.C5H13N/c1-10-4-3-5-12-8-6-11(2)7-9-12;1-2-4-6-7-5-3-1;1-3-4-5-6-7-2;1-3-4-5-6-2/h10H,3-9H2,1-2H3;7H,1-6H2;7H,3-6H2,1-2H3;6H,3-5H2,1-2H3. The molecule has 196 valence electrons. The average molecular weight is 459 g/mol. The topological polar surface area (TPSA) is 54.6 Å². The van der Waals surface area contributed by atoms with Crippen molar-refractivity contribution in [2.45, 2.75) is 78.1 Å². The van der Waals surface area contributed by atoms with Crippen molar-refractivity contribution < 1.29 is 0 Å². The van der Waals surface area contributed by atoms with E-state index in [1.54, 1.807) is 0 Å². The Morgan fingerprint density at radius 1 is 0.625 bits per heavy atom. The molecule has 2 saturated heterocycles. The Kier molecular flexibility index (Phi) is 32.6. The molecule has 0 aromatic heterocycles. The summed E-state index contributed by atoms with van der Waals surface area (Å²) in [5.41, 5.74) is 0. The molecule has 0 aromatic carbocycles. The summed E-state index contributed by atoms with van der Waals surface area (Å²) in [6.07, 6.45) is 13.5. The van der Waals surface area contributed by atoms with E-state index in [2.05, 4.69) is 52.0 Å². The van der Waals surface area contributed by atoms with E-state index in [0.29, 0.717) is 0 Å². The first-order valence-electron chi connectivity index (χ1n) is 13.7. The maximum Gasteiger partial charge on any atom is 0.0110 e. The lowest BCUT2D eigenvalue weighted by molar-refractivity contribution is 0.153. The van der Waals surface area contributed by atoms with E-state index in [0.717, 1.165) is 13.1 Å². The van der Waals surface area contributed by atoms with E-state index in [1.165, 1.54) is 117 Å². The maximum atomic E-state index is 3.35. The van der Waals surface area contributed by atoms with Crippen molar-refractivity contribution in [3.05, 3.63) is 0 Å². The molecule has 2 rings (SSSR count). The highest BCUT2D eigenvalue weighted by Gasteiger charge is 2.12. The largest absolute Gasteiger partial charge is 0.320 e. The minimum Gasteiger partial charge on any atom is -0.320 e. The molecule has 0 atom stereocenters. The Hall–Kier alpha value is -0.240. The quantitative estimate of drug-likeness (QED) is 0.356. The van der Waals surface area contributed by atoms with Crippen LogP contribution in [0.3, 0.4) is 0 Å². The lowest BCUT2D eigenvalue weighted by atomic mass is 10.2. The molecule has 6 nitrogen and oxygen atoms in total. The zero-order valence-electron chi connectivity index (χ0n) is 23.0. The SMILES string of the molecule is C1CCCNCC1.CCCCCNC.CCCCNC.CNCCCN1CCN(C)CC1. The van der Waals surface area contributed by atoms with E-state index in [1.807, 2.05) is 21.1 Å². The van der Waals surface area contributed by atoms with Crippen molar-refractivity contribution in [3.8, 4) is 0 Å². The van der Waals surface area contributed by atoms with Gasteiger partial charge in [0.05, 0.1) is 0 Å². The lowest BCUT2D eigenvalue weighted by Crippen LogP contribution is -2.45. The van der Waals surface area contributed by atoms with Gasteiger partial charge in [0.15, 0.2) is 0 Å². The number of hydrogen-bond donors (Lipinski definition) is 4. The van der Waals surface area contributed by atoms with Gasteiger partial charge in [0.1, 0.15) is 0 Å². The van der Waals surface area contributed by atoms with Crippen LogP contribution in [0, 0.1) is 0 Å². The van der Waals surface area contributed by atoms with Crippen LogP contribution in [0.15, 0.2) is 0 Å². The maximum absolute atomic E-state index is 3.35. The molecule has 0 unspecified atom stereocenters. The Morgan fingerprint density at radius 3 is 1.59 bits per heavy atom. The smallest absolute Gasteiger partial charge is 0.0110 e. The van der Waals surface area contributed by atoms with Gasteiger partial charge in [-0.15, -0.1) is 0 Å². The lowest BCUT2D eigenvalue weighted by Gasteiger charge is -2.32. The molecule has 0 amide bonds. The summed E-state index contributed by atoms with van der Waals surface area (Å²) in [5, 5.41) is 12.7. The fourth-order valence-corrected chi connectivity index (χ4v) is 3.43. The Labute approximate surface area is 203 Å². The van der Waals surface area contributed by atoms with Crippen LogP contribution in [0.2, 0.25) is 0 Å². The van der Waals surface area contributed by atoms with Crippen LogP contribution >= 0.6 is 0 Å². The molecule has 2 aliphatic rings. The van der Waals surface area contributed by atoms with Crippen LogP contribution in [0.5, 0.6) is 0 Å². The third-order valence-electron chi connectivity index (χ3n) is 5.76. The average Bonchev–Trinajstić information content (AvgIpc) is 3.14. The highest BCUT2D eigenvalue weighted by atomic mass is 15.2. The van der Waals surface area contributed by atoms with E-state index in [9.17, 15) is 0 Å². The molecular formula is C26H62N6. The van der Waals surface area contributed by atoms with Crippen LogP contribution in [0.4, 0.5) is 0 Å². The van der Waals surface area contributed by atoms with Crippen LogP contribution in [0.1, 0.15) is 78.1 Å². The van der Waals surface area contributed by atoms with Crippen molar-refractivity contribution in [1.29, 1.82) is 0 Å². The summed E-state index contributed by atoms with van der Waals surface area (Å²) in [4.78, 5) is 4.95. The predicted octanol–water partition coefficient (Wildman–Crippen LogP) is 3.40. The summed E-state index contributed by atoms with van der Waals surface area (Å²) in [5.74, 6) is 0.